The van der Waals surface area contributed by atoms with Crippen molar-refractivity contribution in [2.24, 2.45) is 28.6 Å². The van der Waals surface area contributed by atoms with Crippen LogP contribution in [0.15, 0.2) is 17.0 Å². The zero-order valence-electron chi connectivity index (χ0n) is 16.5. The second-order valence-corrected chi connectivity index (χ2v) is 11.0. The predicted molar refractivity (Wildman–Crippen MR) is 107 cm³/mol. The van der Waals surface area contributed by atoms with Crippen LogP contribution in [0.3, 0.4) is 0 Å². The van der Waals surface area contributed by atoms with Gasteiger partial charge >= 0.3 is 0 Å². The summed E-state index contributed by atoms with van der Waals surface area (Å²) < 4.78 is 0. The molecule has 4 aliphatic carbocycles. The number of aliphatic hydroxyl groups excluding tert-OH is 1. The third-order valence-electron chi connectivity index (χ3n) is 9.01. The Hall–Kier alpha value is -0.670. The van der Waals surface area contributed by atoms with Crippen molar-refractivity contribution in [3.05, 3.63) is 27.7 Å². The molecule has 1 aromatic heterocycles. The van der Waals surface area contributed by atoms with Gasteiger partial charge in [-0.15, -0.1) is 11.3 Å². The molecule has 0 amide bonds. The highest BCUT2D eigenvalue weighted by Gasteiger charge is 2.59. The van der Waals surface area contributed by atoms with Crippen molar-refractivity contribution in [3.8, 4) is 0 Å². The SMILES string of the molecule is Cc1csc(C2CCC3C4CC=C5CC(O)CCC5(C)C4CCC23C)n1. The fourth-order valence-corrected chi connectivity index (χ4v) is 8.67. The number of rotatable bonds is 1. The van der Waals surface area contributed by atoms with Crippen LogP contribution in [0.1, 0.15) is 81.8 Å². The number of hydrogen-bond donors (Lipinski definition) is 1. The van der Waals surface area contributed by atoms with Gasteiger partial charge in [-0.2, -0.15) is 0 Å². The van der Waals surface area contributed by atoms with Crippen LogP contribution in [0.5, 0.6) is 0 Å². The first-order chi connectivity index (χ1) is 12.4. The molecule has 0 aromatic carbocycles. The van der Waals surface area contributed by atoms with Gasteiger partial charge in [0.15, 0.2) is 0 Å². The highest BCUT2D eigenvalue weighted by atomic mass is 32.1. The molecule has 26 heavy (non-hydrogen) atoms. The summed E-state index contributed by atoms with van der Waals surface area (Å²) in [5, 5.41) is 13.8. The largest absolute Gasteiger partial charge is 0.393 e. The standard InChI is InChI=1S/C23H33NOS/c1-14-13-26-21(24-14)20-7-6-18-17-5-4-15-12-16(25)8-10-22(15,2)19(17)9-11-23(18,20)3/h4,13,16-20,25H,5-12H2,1-3H3. The number of aromatic nitrogens is 1. The molecule has 2 nitrogen and oxygen atoms in total. The first kappa shape index (κ1) is 17.4. The van der Waals surface area contributed by atoms with Crippen LogP contribution in [0.25, 0.3) is 0 Å². The Morgan fingerprint density at radius 2 is 1.96 bits per heavy atom. The summed E-state index contributed by atoms with van der Waals surface area (Å²) in [4.78, 5) is 4.90. The van der Waals surface area contributed by atoms with Crippen LogP contribution in [0.4, 0.5) is 0 Å². The molecule has 5 rings (SSSR count). The van der Waals surface area contributed by atoms with Crippen molar-refractivity contribution < 1.29 is 5.11 Å². The van der Waals surface area contributed by atoms with E-state index in [2.05, 4.69) is 32.2 Å². The van der Waals surface area contributed by atoms with E-state index in [0.29, 0.717) is 16.7 Å². The average molecular weight is 372 g/mol. The van der Waals surface area contributed by atoms with Gasteiger partial charge in [0.1, 0.15) is 0 Å². The summed E-state index contributed by atoms with van der Waals surface area (Å²) in [7, 11) is 0. The molecule has 0 radical (unpaired) electrons. The third kappa shape index (κ3) is 2.35. The number of thiazole rings is 1. The highest BCUT2D eigenvalue weighted by Crippen LogP contribution is 2.68. The van der Waals surface area contributed by atoms with Crippen LogP contribution >= 0.6 is 11.3 Å². The summed E-state index contributed by atoms with van der Waals surface area (Å²) in [6.07, 6.45) is 12.3. The van der Waals surface area contributed by atoms with Crippen molar-refractivity contribution in [1.82, 2.24) is 4.98 Å². The molecule has 3 fully saturated rings. The van der Waals surface area contributed by atoms with Crippen molar-refractivity contribution in [1.29, 1.82) is 0 Å². The van der Waals surface area contributed by atoms with Gasteiger partial charge < -0.3 is 5.11 Å². The van der Waals surface area contributed by atoms with Gasteiger partial charge in [0.2, 0.25) is 0 Å². The van der Waals surface area contributed by atoms with E-state index in [9.17, 15) is 5.11 Å². The fraction of sp³-hybridized carbons (Fsp3) is 0.783. The molecule has 7 unspecified atom stereocenters. The molecule has 0 spiro atoms. The zero-order valence-corrected chi connectivity index (χ0v) is 17.3. The smallest absolute Gasteiger partial charge is 0.0964 e. The molecule has 7 atom stereocenters. The minimum Gasteiger partial charge on any atom is -0.393 e. The Labute approximate surface area is 162 Å². The highest BCUT2D eigenvalue weighted by molar-refractivity contribution is 7.09. The van der Waals surface area contributed by atoms with Crippen LogP contribution in [-0.2, 0) is 0 Å². The Kier molecular flexibility index (Phi) is 3.96. The molecule has 1 N–H and O–H groups in total. The Bertz CT molecular complexity index is 738. The number of nitrogens with zero attached hydrogens (tertiary/aromatic N) is 1. The van der Waals surface area contributed by atoms with E-state index < -0.39 is 0 Å². The molecule has 4 aliphatic rings. The molecule has 3 saturated carbocycles. The molecule has 1 aromatic rings. The van der Waals surface area contributed by atoms with Crippen molar-refractivity contribution in [2.45, 2.75) is 84.2 Å². The van der Waals surface area contributed by atoms with E-state index in [1.807, 2.05) is 11.3 Å². The number of allylic oxidation sites excluding steroid dienone is 1. The monoisotopic (exact) mass is 371 g/mol. The van der Waals surface area contributed by atoms with Gasteiger partial charge in [-0.05, 0) is 86.9 Å². The lowest BCUT2D eigenvalue weighted by atomic mass is 9.47. The predicted octanol–water partition coefficient (Wildman–Crippen LogP) is 5.86. The number of aryl methyl sites for hydroxylation is 1. The Morgan fingerprint density at radius 3 is 2.73 bits per heavy atom. The molecule has 0 saturated heterocycles. The summed E-state index contributed by atoms with van der Waals surface area (Å²) in [5.74, 6) is 3.23. The molecule has 0 bridgehead atoms. The second-order valence-electron chi connectivity index (χ2n) is 10.2. The quantitative estimate of drug-likeness (QED) is 0.627. The van der Waals surface area contributed by atoms with Gasteiger partial charge in [-0.1, -0.05) is 25.5 Å². The van der Waals surface area contributed by atoms with Gasteiger partial charge in [-0.25, -0.2) is 4.98 Å². The fourth-order valence-electron chi connectivity index (χ4n) is 7.58. The second kappa shape index (κ2) is 5.91. The van der Waals surface area contributed by atoms with E-state index in [-0.39, 0.29) is 6.10 Å². The van der Waals surface area contributed by atoms with E-state index in [1.54, 1.807) is 5.57 Å². The maximum Gasteiger partial charge on any atom is 0.0964 e. The van der Waals surface area contributed by atoms with Crippen molar-refractivity contribution >= 4 is 11.3 Å². The molecular formula is C23H33NOS. The van der Waals surface area contributed by atoms with Gasteiger partial charge in [-0.3, -0.25) is 0 Å². The maximum absolute atomic E-state index is 10.2. The van der Waals surface area contributed by atoms with Crippen LogP contribution in [0.2, 0.25) is 0 Å². The Balaban J connectivity index is 1.46. The van der Waals surface area contributed by atoms with E-state index >= 15 is 0 Å². The van der Waals surface area contributed by atoms with E-state index in [1.165, 1.54) is 49.2 Å². The van der Waals surface area contributed by atoms with E-state index in [0.717, 1.165) is 30.6 Å². The van der Waals surface area contributed by atoms with Gasteiger partial charge in [0.05, 0.1) is 11.1 Å². The minimum atomic E-state index is -0.0938. The van der Waals surface area contributed by atoms with Crippen molar-refractivity contribution in [3.63, 3.8) is 0 Å². The lowest BCUT2D eigenvalue weighted by Gasteiger charge is -2.58. The van der Waals surface area contributed by atoms with Gasteiger partial charge in [0, 0.05) is 17.0 Å². The topological polar surface area (TPSA) is 33.1 Å². The molecule has 3 heteroatoms. The minimum absolute atomic E-state index is 0.0938. The maximum atomic E-state index is 10.2. The number of aliphatic hydroxyl groups is 1. The molecule has 142 valence electrons. The normalized spacial score (nSPS) is 47.7. The lowest BCUT2D eigenvalue weighted by Crippen LogP contribution is -2.50. The average Bonchev–Trinajstić information content (AvgIpc) is 3.18. The first-order valence-corrected chi connectivity index (χ1v) is 11.6. The third-order valence-corrected chi connectivity index (χ3v) is 10.1. The molecule has 0 aliphatic heterocycles. The Morgan fingerprint density at radius 1 is 1.12 bits per heavy atom. The van der Waals surface area contributed by atoms with E-state index in [4.69, 9.17) is 4.98 Å². The van der Waals surface area contributed by atoms with Crippen LogP contribution < -0.4 is 0 Å². The summed E-state index contributed by atoms with van der Waals surface area (Å²) in [6.45, 7) is 7.26. The van der Waals surface area contributed by atoms with Crippen molar-refractivity contribution in [2.75, 3.05) is 0 Å². The lowest BCUT2D eigenvalue weighted by molar-refractivity contribution is -0.0409. The number of hydrogen-bond acceptors (Lipinski definition) is 3. The summed E-state index contributed by atoms with van der Waals surface area (Å²) in [5.41, 5.74) is 3.59. The zero-order chi connectivity index (χ0) is 18.1. The molecular weight excluding hydrogens is 338 g/mol. The van der Waals surface area contributed by atoms with Gasteiger partial charge in [0.25, 0.3) is 0 Å². The van der Waals surface area contributed by atoms with Crippen LogP contribution in [0, 0.1) is 35.5 Å². The number of fused-ring (bicyclic) bond motifs is 5. The first-order valence-electron chi connectivity index (χ1n) is 10.7. The summed E-state index contributed by atoms with van der Waals surface area (Å²) >= 11 is 1.90. The summed E-state index contributed by atoms with van der Waals surface area (Å²) in [6, 6.07) is 0. The molecule has 1 heterocycles. The van der Waals surface area contributed by atoms with Crippen LogP contribution in [-0.4, -0.2) is 16.2 Å².